The van der Waals surface area contributed by atoms with Crippen molar-refractivity contribution in [1.82, 2.24) is 9.88 Å². The van der Waals surface area contributed by atoms with Crippen molar-refractivity contribution in [3.8, 4) is 5.75 Å². The van der Waals surface area contributed by atoms with Gasteiger partial charge in [0, 0.05) is 24.6 Å². The van der Waals surface area contributed by atoms with Crippen molar-refractivity contribution in [1.29, 1.82) is 0 Å². The van der Waals surface area contributed by atoms with Crippen molar-refractivity contribution in [2.75, 3.05) is 25.0 Å². The highest BCUT2D eigenvalue weighted by Gasteiger charge is 2.32. The summed E-state index contributed by atoms with van der Waals surface area (Å²) in [6, 6.07) is 16.0. The number of likely N-dealkylation sites (tertiary alicyclic amines) is 1. The summed E-state index contributed by atoms with van der Waals surface area (Å²) in [6.07, 6.45) is 1.38. The van der Waals surface area contributed by atoms with Crippen LogP contribution < -0.4 is 10.1 Å². The van der Waals surface area contributed by atoms with Gasteiger partial charge >= 0.3 is 0 Å². The van der Waals surface area contributed by atoms with Crippen LogP contribution in [0.2, 0.25) is 0 Å². The van der Waals surface area contributed by atoms with Crippen molar-refractivity contribution in [3.63, 3.8) is 0 Å². The number of ether oxygens (including phenoxy) is 1. The van der Waals surface area contributed by atoms with Gasteiger partial charge in [0.1, 0.15) is 11.6 Å². The number of halogens is 2. The lowest BCUT2D eigenvalue weighted by Gasteiger charge is -2.36. The second-order valence-corrected chi connectivity index (χ2v) is 8.59. The van der Waals surface area contributed by atoms with Crippen molar-refractivity contribution in [3.05, 3.63) is 89.2 Å². The van der Waals surface area contributed by atoms with Crippen LogP contribution in [0.1, 0.15) is 40.4 Å². The highest BCUT2D eigenvalue weighted by Crippen LogP contribution is 2.38. The van der Waals surface area contributed by atoms with Gasteiger partial charge in [0.25, 0.3) is 11.8 Å². The van der Waals surface area contributed by atoms with Crippen LogP contribution in [0.3, 0.4) is 0 Å². The topological polar surface area (TPSA) is 71.5 Å². The summed E-state index contributed by atoms with van der Waals surface area (Å²) < 4.78 is 32.8. The molecule has 3 heterocycles. The molecule has 1 N–H and O–H groups in total. The van der Waals surface area contributed by atoms with Crippen LogP contribution in [0.5, 0.6) is 5.75 Å². The first-order valence-electron chi connectivity index (χ1n) is 11.2. The maximum atomic E-state index is 13.9. The van der Waals surface area contributed by atoms with Gasteiger partial charge < -0.3 is 15.0 Å². The van der Waals surface area contributed by atoms with E-state index in [-0.39, 0.29) is 36.1 Å². The van der Waals surface area contributed by atoms with Gasteiger partial charge in [-0.05, 0) is 66.8 Å². The van der Waals surface area contributed by atoms with Gasteiger partial charge in [-0.15, -0.1) is 0 Å². The van der Waals surface area contributed by atoms with Crippen molar-refractivity contribution < 1.29 is 23.1 Å². The van der Waals surface area contributed by atoms with E-state index in [0.717, 1.165) is 5.56 Å². The number of fused-ring (bicyclic) bond motifs is 1. The van der Waals surface area contributed by atoms with E-state index < -0.39 is 5.95 Å². The van der Waals surface area contributed by atoms with Crippen LogP contribution >= 0.6 is 0 Å². The number of benzene rings is 2. The Balaban J connectivity index is 1.33. The quantitative estimate of drug-likeness (QED) is 0.583. The van der Waals surface area contributed by atoms with Gasteiger partial charge in [-0.25, -0.2) is 9.37 Å². The predicted molar refractivity (Wildman–Crippen MR) is 122 cm³/mol. The summed E-state index contributed by atoms with van der Waals surface area (Å²) in [5, 5.41) is 2.73. The number of pyridine rings is 1. The molecule has 2 amide bonds. The molecule has 34 heavy (non-hydrogen) atoms. The van der Waals surface area contributed by atoms with E-state index in [1.165, 1.54) is 18.2 Å². The second-order valence-electron chi connectivity index (χ2n) is 8.59. The van der Waals surface area contributed by atoms with Gasteiger partial charge in [0.2, 0.25) is 5.95 Å². The molecular weight excluding hydrogens is 440 g/mol. The number of amides is 2. The maximum absolute atomic E-state index is 13.9. The molecule has 0 aliphatic carbocycles. The Morgan fingerprint density at radius 3 is 2.56 bits per heavy atom. The Bertz CT molecular complexity index is 1220. The van der Waals surface area contributed by atoms with Crippen LogP contribution in [0, 0.1) is 17.7 Å². The molecule has 1 atom stereocenters. The fourth-order valence-electron chi connectivity index (χ4n) is 4.79. The number of carbonyl (C=O) groups is 2. The van der Waals surface area contributed by atoms with E-state index in [1.807, 2.05) is 0 Å². The molecule has 8 heteroatoms. The zero-order chi connectivity index (χ0) is 23.7. The molecule has 5 rings (SSSR count). The SMILES string of the molecule is O=C1COc2ccc(C(=O)N3CCC(C(c4ccc(F)cc4)c4cccc(F)n4)CC3)cc2N1. The number of hydrogen-bond donors (Lipinski definition) is 1. The molecule has 0 spiro atoms. The van der Waals surface area contributed by atoms with Crippen LogP contribution in [-0.4, -0.2) is 41.4 Å². The third-order valence-corrected chi connectivity index (χ3v) is 6.44. The first kappa shape index (κ1) is 22.0. The molecular formula is C26H23F2N3O3. The average Bonchev–Trinajstić information content (AvgIpc) is 2.85. The highest BCUT2D eigenvalue weighted by molar-refractivity contribution is 5.99. The third kappa shape index (κ3) is 4.48. The number of hydrogen-bond acceptors (Lipinski definition) is 4. The molecule has 1 aromatic heterocycles. The summed E-state index contributed by atoms with van der Waals surface area (Å²) in [5.41, 5.74) is 2.44. The monoisotopic (exact) mass is 463 g/mol. The Labute approximate surface area is 195 Å². The summed E-state index contributed by atoms with van der Waals surface area (Å²) in [4.78, 5) is 30.6. The van der Waals surface area contributed by atoms with Crippen LogP contribution in [0.4, 0.5) is 14.5 Å². The summed E-state index contributed by atoms with van der Waals surface area (Å²) in [6.45, 7) is 1.01. The molecule has 1 fully saturated rings. The van der Waals surface area contributed by atoms with Gasteiger partial charge in [-0.2, -0.15) is 4.39 Å². The number of aromatic nitrogens is 1. The molecule has 3 aromatic rings. The van der Waals surface area contributed by atoms with E-state index in [1.54, 1.807) is 47.4 Å². The Hall–Kier alpha value is -3.81. The van der Waals surface area contributed by atoms with E-state index >= 15 is 0 Å². The molecule has 1 saturated heterocycles. The standard InChI is InChI=1S/C26H23F2N3O3/c27-19-7-4-16(5-8-19)25(20-2-1-3-23(28)29-20)17-10-12-31(13-11-17)26(33)18-6-9-22-21(14-18)30-24(32)15-34-22/h1-9,14,17,25H,10-13,15H2,(H,30,32). The number of piperidine rings is 1. The summed E-state index contributed by atoms with van der Waals surface area (Å²) in [7, 11) is 0. The van der Waals surface area contributed by atoms with Crippen LogP contribution in [-0.2, 0) is 4.79 Å². The van der Waals surface area contributed by atoms with Gasteiger partial charge in [-0.3, -0.25) is 9.59 Å². The minimum atomic E-state index is -0.555. The lowest BCUT2D eigenvalue weighted by atomic mass is 9.78. The Morgan fingerprint density at radius 1 is 1.06 bits per heavy atom. The largest absolute Gasteiger partial charge is 0.482 e. The molecule has 0 bridgehead atoms. The van der Waals surface area contributed by atoms with E-state index in [2.05, 4.69) is 10.3 Å². The zero-order valence-electron chi connectivity index (χ0n) is 18.3. The molecule has 2 aliphatic heterocycles. The number of carbonyl (C=O) groups excluding carboxylic acids is 2. The summed E-state index contributed by atoms with van der Waals surface area (Å²) >= 11 is 0. The van der Waals surface area contributed by atoms with E-state index in [4.69, 9.17) is 4.74 Å². The summed E-state index contributed by atoms with van der Waals surface area (Å²) in [5.74, 6) is -0.814. The van der Waals surface area contributed by atoms with Gasteiger partial charge in [0.15, 0.2) is 6.61 Å². The molecule has 0 radical (unpaired) electrons. The number of anilines is 1. The van der Waals surface area contributed by atoms with E-state index in [9.17, 15) is 18.4 Å². The third-order valence-electron chi connectivity index (χ3n) is 6.44. The average molecular weight is 463 g/mol. The lowest BCUT2D eigenvalue weighted by molar-refractivity contribution is -0.118. The molecule has 0 saturated carbocycles. The van der Waals surface area contributed by atoms with Crippen molar-refractivity contribution in [2.45, 2.75) is 18.8 Å². The first-order valence-corrected chi connectivity index (χ1v) is 11.2. The second kappa shape index (κ2) is 9.21. The molecule has 2 aliphatic rings. The predicted octanol–water partition coefficient (Wildman–Crippen LogP) is 4.38. The molecule has 2 aromatic carbocycles. The van der Waals surface area contributed by atoms with Gasteiger partial charge in [0.05, 0.1) is 11.4 Å². The lowest BCUT2D eigenvalue weighted by Crippen LogP contribution is -2.40. The van der Waals surface area contributed by atoms with Crippen molar-refractivity contribution in [2.24, 2.45) is 5.92 Å². The first-order chi connectivity index (χ1) is 16.5. The number of nitrogens with one attached hydrogen (secondary N) is 1. The smallest absolute Gasteiger partial charge is 0.262 e. The number of nitrogens with zero attached hydrogens (tertiary/aromatic N) is 2. The Kier molecular flexibility index (Phi) is 5.96. The Morgan fingerprint density at radius 2 is 1.82 bits per heavy atom. The molecule has 1 unspecified atom stereocenters. The minimum Gasteiger partial charge on any atom is -0.482 e. The molecule has 174 valence electrons. The van der Waals surface area contributed by atoms with Crippen LogP contribution in [0.15, 0.2) is 60.7 Å². The zero-order valence-corrected chi connectivity index (χ0v) is 18.3. The fourth-order valence-corrected chi connectivity index (χ4v) is 4.79. The van der Waals surface area contributed by atoms with E-state index in [0.29, 0.717) is 48.6 Å². The van der Waals surface area contributed by atoms with Crippen molar-refractivity contribution >= 4 is 17.5 Å². The maximum Gasteiger partial charge on any atom is 0.262 e. The van der Waals surface area contributed by atoms with Crippen LogP contribution in [0.25, 0.3) is 0 Å². The highest BCUT2D eigenvalue weighted by atomic mass is 19.1. The fraction of sp³-hybridized carbons (Fsp3) is 0.269. The minimum absolute atomic E-state index is 0.0385. The normalized spacial score (nSPS) is 16.9. The number of rotatable bonds is 4. The molecule has 6 nitrogen and oxygen atoms in total. The van der Waals surface area contributed by atoms with Gasteiger partial charge in [-0.1, -0.05) is 18.2 Å².